The molecule has 2 aliphatic heterocycles. The number of nitrogens with one attached hydrogen (secondary N) is 1. The first-order chi connectivity index (χ1) is 6.81. The summed E-state index contributed by atoms with van der Waals surface area (Å²) >= 11 is 0. The van der Waals surface area contributed by atoms with E-state index in [0.29, 0.717) is 6.04 Å². The fourth-order valence-corrected chi connectivity index (χ4v) is 2.79. The van der Waals surface area contributed by atoms with E-state index in [4.69, 9.17) is 4.74 Å². The molecule has 0 amide bonds. The fraction of sp³-hybridized carbons (Fsp3) is 1.00. The van der Waals surface area contributed by atoms with Crippen molar-refractivity contribution in [1.29, 1.82) is 0 Å². The van der Waals surface area contributed by atoms with Crippen LogP contribution in [0.5, 0.6) is 0 Å². The molecule has 3 nitrogen and oxygen atoms in total. The maximum atomic E-state index is 5.21. The number of ether oxygens (including phenoxy) is 1. The van der Waals surface area contributed by atoms with E-state index in [0.717, 1.165) is 18.6 Å². The highest BCUT2D eigenvalue weighted by Crippen LogP contribution is 2.26. The Balaban J connectivity index is 1.86. The van der Waals surface area contributed by atoms with Crippen molar-refractivity contribution < 1.29 is 4.74 Å². The lowest BCUT2D eigenvalue weighted by molar-refractivity contribution is 0.112. The number of rotatable bonds is 3. The summed E-state index contributed by atoms with van der Waals surface area (Å²) in [5.74, 6) is 0.892. The normalized spacial score (nSPS) is 35.6. The smallest absolute Gasteiger partial charge is 0.0615 e. The Labute approximate surface area is 86.8 Å². The van der Waals surface area contributed by atoms with Gasteiger partial charge in [-0.1, -0.05) is 0 Å². The third-order valence-corrected chi connectivity index (χ3v) is 3.66. The van der Waals surface area contributed by atoms with Gasteiger partial charge in [0.2, 0.25) is 0 Å². The Morgan fingerprint density at radius 1 is 1.50 bits per heavy atom. The second kappa shape index (κ2) is 4.60. The molecular weight excluding hydrogens is 176 g/mol. The summed E-state index contributed by atoms with van der Waals surface area (Å²) in [5.41, 5.74) is 0. The zero-order valence-electron chi connectivity index (χ0n) is 9.33. The Bertz CT molecular complexity index is 172. The molecule has 0 aromatic rings. The average Bonchev–Trinajstić information content (AvgIpc) is 2.61. The molecular formula is C11H22N2O. The van der Waals surface area contributed by atoms with Gasteiger partial charge >= 0.3 is 0 Å². The molecule has 0 aromatic carbocycles. The van der Waals surface area contributed by atoms with Crippen LogP contribution in [-0.2, 0) is 4.74 Å². The van der Waals surface area contributed by atoms with E-state index in [-0.39, 0.29) is 0 Å². The Kier molecular flexibility index (Phi) is 3.42. The lowest BCUT2D eigenvalue weighted by Crippen LogP contribution is -2.41. The van der Waals surface area contributed by atoms with E-state index in [9.17, 15) is 0 Å². The number of nitrogens with zero attached hydrogens (tertiary/aromatic N) is 1. The van der Waals surface area contributed by atoms with Crippen molar-refractivity contribution in [2.45, 2.75) is 31.8 Å². The third kappa shape index (κ3) is 2.10. The van der Waals surface area contributed by atoms with Crippen LogP contribution in [0.25, 0.3) is 0 Å². The minimum Gasteiger partial charge on any atom is -0.383 e. The van der Waals surface area contributed by atoms with E-state index in [2.05, 4.69) is 17.1 Å². The van der Waals surface area contributed by atoms with Gasteiger partial charge in [-0.05, 0) is 32.2 Å². The number of hydrogen-bond donors (Lipinski definition) is 1. The van der Waals surface area contributed by atoms with Gasteiger partial charge in [0.25, 0.3) is 0 Å². The molecule has 82 valence electrons. The van der Waals surface area contributed by atoms with Crippen LogP contribution in [0.1, 0.15) is 19.8 Å². The fourth-order valence-electron chi connectivity index (χ4n) is 2.79. The van der Waals surface area contributed by atoms with E-state index in [1.54, 1.807) is 7.11 Å². The molecule has 2 heterocycles. The maximum Gasteiger partial charge on any atom is 0.0615 e. The lowest BCUT2D eigenvalue weighted by Gasteiger charge is -2.25. The number of methoxy groups -OCH3 is 1. The van der Waals surface area contributed by atoms with Crippen molar-refractivity contribution in [1.82, 2.24) is 10.2 Å². The Morgan fingerprint density at radius 3 is 3.07 bits per heavy atom. The zero-order chi connectivity index (χ0) is 9.97. The molecule has 0 bridgehead atoms. The highest BCUT2D eigenvalue weighted by Gasteiger charge is 2.35. The standard InChI is InChI=1S/C11H22N2O/c1-9(8-14-2)13-6-10-4-3-5-12-11(10)7-13/h9-12H,3-8H2,1-2H3. The zero-order valence-corrected chi connectivity index (χ0v) is 9.33. The molecule has 0 spiro atoms. The van der Waals surface area contributed by atoms with E-state index >= 15 is 0 Å². The molecule has 2 rings (SSSR count). The average molecular weight is 198 g/mol. The summed E-state index contributed by atoms with van der Waals surface area (Å²) in [5, 5.41) is 3.63. The molecule has 1 N–H and O–H groups in total. The van der Waals surface area contributed by atoms with Gasteiger partial charge in [-0.25, -0.2) is 0 Å². The molecule has 0 radical (unpaired) electrons. The first-order valence-electron chi connectivity index (χ1n) is 5.77. The largest absolute Gasteiger partial charge is 0.383 e. The second-order valence-electron chi connectivity index (χ2n) is 4.72. The minimum atomic E-state index is 0.576. The monoisotopic (exact) mass is 198 g/mol. The van der Waals surface area contributed by atoms with Crippen molar-refractivity contribution in [3.8, 4) is 0 Å². The second-order valence-corrected chi connectivity index (χ2v) is 4.72. The highest BCUT2D eigenvalue weighted by atomic mass is 16.5. The van der Waals surface area contributed by atoms with Crippen LogP contribution >= 0.6 is 0 Å². The molecule has 2 aliphatic rings. The van der Waals surface area contributed by atoms with Crippen molar-refractivity contribution in [2.75, 3.05) is 33.4 Å². The Hall–Kier alpha value is -0.120. The van der Waals surface area contributed by atoms with E-state index in [1.807, 2.05) is 0 Å². The van der Waals surface area contributed by atoms with Gasteiger partial charge in [0.15, 0.2) is 0 Å². The number of piperidine rings is 1. The molecule has 3 heteroatoms. The van der Waals surface area contributed by atoms with Crippen LogP contribution in [0, 0.1) is 5.92 Å². The van der Waals surface area contributed by atoms with Gasteiger partial charge in [0.1, 0.15) is 0 Å². The van der Waals surface area contributed by atoms with Crippen LogP contribution < -0.4 is 5.32 Å². The molecule has 2 saturated heterocycles. The highest BCUT2D eigenvalue weighted by molar-refractivity contribution is 4.93. The third-order valence-electron chi connectivity index (χ3n) is 3.66. The number of hydrogen-bond acceptors (Lipinski definition) is 3. The first-order valence-corrected chi connectivity index (χ1v) is 5.77. The molecule has 0 saturated carbocycles. The summed E-state index contributed by atoms with van der Waals surface area (Å²) in [6.07, 6.45) is 2.77. The summed E-state index contributed by atoms with van der Waals surface area (Å²) in [6.45, 7) is 6.82. The maximum absolute atomic E-state index is 5.21. The van der Waals surface area contributed by atoms with Gasteiger partial charge in [-0.2, -0.15) is 0 Å². The summed E-state index contributed by atoms with van der Waals surface area (Å²) in [7, 11) is 1.79. The van der Waals surface area contributed by atoms with Crippen molar-refractivity contribution in [2.24, 2.45) is 5.92 Å². The van der Waals surface area contributed by atoms with Gasteiger partial charge in [0, 0.05) is 32.3 Å². The summed E-state index contributed by atoms with van der Waals surface area (Å²) < 4.78 is 5.21. The van der Waals surface area contributed by atoms with E-state index < -0.39 is 0 Å². The molecule has 14 heavy (non-hydrogen) atoms. The molecule has 0 aliphatic carbocycles. The van der Waals surface area contributed by atoms with Gasteiger partial charge < -0.3 is 10.1 Å². The van der Waals surface area contributed by atoms with Gasteiger partial charge in [-0.15, -0.1) is 0 Å². The van der Waals surface area contributed by atoms with Crippen LogP contribution in [0.4, 0.5) is 0 Å². The van der Waals surface area contributed by atoms with Gasteiger partial charge in [0.05, 0.1) is 6.61 Å². The predicted octanol–water partition coefficient (Wildman–Crippen LogP) is 0.705. The van der Waals surface area contributed by atoms with Crippen LogP contribution in [0.15, 0.2) is 0 Å². The Morgan fingerprint density at radius 2 is 2.36 bits per heavy atom. The van der Waals surface area contributed by atoms with Gasteiger partial charge in [-0.3, -0.25) is 4.90 Å². The first kappa shape index (κ1) is 10.4. The SMILES string of the molecule is COCC(C)N1CC2CCCNC2C1. The molecule has 3 unspecified atom stereocenters. The topological polar surface area (TPSA) is 24.5 Å². The lowest BCUT2D eigenvalue weighted by atomic mass is 9.94. The predicted molar refractivity (Wildman–Crippen MR) is 57.4 cm³/mol. The summed E-state index contributed by atoms with van der Waals surface area (Å²) in [4.78, 5) is 2.57. The number of likely N-dealkylation sites (tertiary alicyclic amines) is 1. The van der Waals surface area contributed by atoms with Crippen LogP contribution in [0.3, 0.4) is 0 Å². The molecule has 3 atom stereocenters. The van der Waals surface area contributed by atoms with Crippen molar-refractivity contribution >= 4 is 0 Å². The van der Waals surface area contributed by atoms with Crippen molar-refractivity contribution in [3.05, 3.63) is 0 Å². The molecule has 0 aromatic heterocycles. The molecule has 2 fully saturated rings. The summed E-state index contributed by atoms with van der Waals surface area (Å²) in [6, 6.07) is 1.33. The number of fused-ring (bicyclic) bond motifs is 1. The van der Waals surface area contributed by atoms with Crippen LogP contribution in [0.2, 0.25) is 0 Å². The van der Waals surface area contributed by atoms with Crippen LogP contribution in [-0.4, -0.2) is 50.3 Å². The van der Waals surface area contributed by atoms with Crippen molar-refractivity contribution in [3.63, 3.8) is 0 Å². The minimum absolute atomic E-state index is 0.576. The van der Waals surface area contributed by atoms with E-state index in [1.165, 1.54) is 32.5 Å². The quantitative estimate of drug-likeness (QED) is 0.722.